The third kappa shape index (κ3) is 4.94. The number of rotatable bonds is 2. The van der Waals surface area contributed by atoms with Crippen LogP contribution in [0.4, 0.5) is 0 Å². The maximum absolute atomic E-state index is 3.94. The third-order valence-corrected chi connectivity index (χ3v) is 0.831. The van der Waals surface area contributed by atoms with Crippen LogP contribution >= 0.6 is 0 Å². The third-order valence-electron chi connectivity index (χ3n) is 0.831. The Bertz CT molecular complexity index is 134. The summed E-state index contributed by atoms with van der Waals surface area (Å²) in [6, 6.07) is 0. The maximum Gasteiger partial charge on any atom is 0.124 e. The lowest BCUT2D eigenvalue weighted by molar-refractivity contribution is 1.21. The van der Waals surface area contributed by atoms with E-state index in [1.54, 1.807) is 6.20 Å². The van der Waals surface area contributed by atoms with Crippen molar-refractivity contribution < 1.29 is 0 Å². The molecule has 0 fully saturated rings. The Morgan fingerprint density at radius 2 is 2.33 bits per heavy atom. The van der Waals surface area contributed by atoms with Crippen molar-refractivity contribution in [3.8, 4) is 0 Å². The summed E-state index contributed by atoms with van der Waals surface area (Å²) in [4.78, 5) is 7.55. The van der Waals surface area contributed by atoms with Crippen LogP contribution in [-0.2, 0) is 0 Å². The van der Waals surface area contributed by atoms with E-state index in [0.29, 0.717) is 5.84 Å². The second kappa shape index (κ2) is 5.22. The monoisotopic (exact) mass is 124 g/mol. The van der Waals surface area contributed by atoms with Crippen LogP contribution in [0.3, 0.4) is 0 Å². The molecule has 0 aliphatic rings. The van der Waals surface area contributed by atoms with Gasteiger partial charge in [-0.25, -0.2) is 9.98 Å². The van der Waals surface area contributed by atoms with Crippen LogP contribution in [-0.4, -0.2) is 12.6 Å². The molecule has 0 amide bonds. The average molecular weight is 124 g/mol. The van der Waals surface area contributed by atoms with Crippen LogP contribution in [0.25, 0.3) is 0 Å². The predicted octanol–water partition coefficient (Wildman–Crippen LogP) is 2.03. The Kier molecular flexibility index (Phi) is 4.69. The molecule has 0 bridgehead atoms. The van der Waals surface area contributed by atoms with Crippen LogP contribution in [0.5, 0.6) is 0 Å². The van der Waals surface area contributed by atoms with Crippen molar-refractivity contribution in [2.45, 2.75) is 20.3 Å². The number of aliphatic imine (C=N–C) groups is 2. The molecule has 0 aliphatic heterocycles. The highest BCUT2D eigenvalue weighted by Gasteiger charge is 1.74. The van der Waals surface area contributed by atoms with Gasteiger partial charge in [-0.2, -0.15) is 0 Å². The van der Waals surface area contributed by atoms with Crippen LogP contribution in [0, 0.1) is 0 Å². The van der Waals surface area contributed by atoms with E-state index in [-0.39, 0.29) is 0 Å². The molecule has 0 saturated carbocycles. The molecule has 0 spiro atoms. The van der Waals surface area contributed by atoms with Gasteiger partial charge < -0.3 is 0 Å². The summed E-state index contributed by atoms with van der Waals surface area (Å²) < 4.78 is 0. The molecule has 0 aromatic rings. The zero-order valence-electron chi connectivity index (χ0n) is 5.96. The fraction of sp³-hybridized carbons (Fsp3) is 0.429. The number of hydrogen-bond acceptors (Lipinski definition) is 1. The summed E-state index contributed by atoms with van der Waals surface area (Å²) in [6.07, 6.45) is 4.71. The highest BCUT2D eigenvalue weighted by atomic mass is 14.9. The second-order valence-corrected chi connectivity index (χ2v) is 1.63. The maximum atomic E-state index is 3.94. The quantitative estimate of drug-likeness (QED) is 0.397. The lowest BCUT2D eigenvalue weighted by atomic mass is 10.5. The SMILES string of the molecule is C=NC(C)=N/C=C\CC. The summed E-state index contributed by atoms with van der Waals surface area (Å²) in [5, 5.41) is 0. The van der Waals surface area contributed by atoms with Gasteiger partial charge in [-0.1, -0.05) is 13.0 Å². The van der Waals surface area contributed by atoms with Gasteiger partial charge in [-0.15, -0.1) is 0 Å². The molecule has 0 N–H and O–H groups in total. The fourth-order valence-corrected chi connectivity index (χ4v) is 0.307. The van der Waals surface area contributed by atoms with E-state index in [0.717, 1.165) is 6.42 Å². The van der Waals surface area contributed by atoms with Gasteiger partial charge in [0.2, 0.25) is 0 Å². The molecule has 50 valence electrons. The summed E-state index contributed by atoms with van der Waals surface area (Å²) in [5.41, 5.74) is 0. The minimum Gasteiger partial charge on any atom is -0.250 e. The summed E-state index contributed by atoms with van der Waals surface area (Å²) in [7, 11) is 0. The van der Waals surface area contributed by atoms with E-state index in [9.17, 15) is 0 Å². The van der Waals surface area contributed by atoms with Crippen LogP contribution in [0.1, 0.15) is 20.3 Å². The van der Waals surface area contributed by atoms with E-state index in [4.69, 9.17) is 0 Å². The van der Waals surface area contributed by atoms with Crippen molar-refractivity contribution in [2.75, 3.05) is 0 Å². The Hall–Kier alpha value is -0.920. The first-order valence-electron chi connectivity index (χ1n) is 2.97. The number of nitrogens with zero attached hydrogens (tertiary/aromatic N) is 2. The lowest BCUT2D eigenvalue weighted by Crippen LogP contribution is -1.79. The van der Waals surface area contributed by atoms with Crippen LogP contribution in [0.2, 0.25) is 0 Å². The zero-order chi connectivity index (χ0) is 7.11. The molecule has 0 aliphatic carbocycles. The van der Waals surface area contributed by atoms with Gasteiger partial charge >= 0.3 is 0 Å². The van der Waals surface area contributed by atoms with Gasteiger partial charge in [0.15, 0.2) is 0 Å². The number of amidine groups is 1. The molecular weight excluding hydrogens is 112 g/mol. The second-order valence-electron chi connectivity index (χ2n) is 1.63. The molecule has 0 saturated heterocycles. The molecule has 0 aromatic carbocycles. The summed E-state index contributed by atoms with van der Waals surface area (Å²) in [6.45, 7) is 7.20. The molecule has 2 nitrogen and oxygen atoms in total. The van der Waals surface area contributed by atoms with Crippen molar-refractivity contribution in [1.82, 2.24) is 0 Å². The minimum atomic E-state index is 0.708. The molecule has 0 unspecified atom stereocenters. The normalized spacial score (nSPS) is 12.4. The first-order chi connectivity index (χ1) is 4.31. The predicted molar refractivity (Wildman–Crippen MR) is 42.1 cm³/mol. The van der Waals surface area contributed by atoms with E-state index < -0.39 is 0 Å². The van der Waals surface area contributed by atoms with Crippen molar-refractivity contribution in [1.29, 1.82) is 0 Å². The molecule has 9 heavy (non-hydrogen) atoms. The van der Waals surface area contributed by atoms with E-state index >= 15 is 0 Å². The molecular formula is C7H12N2. The Balaban J connectivity index is 3.68. The van der Waals surface area contributed by atoms with Crippen LogP contribution < -0.4 is 0 Å². The average Bonchev–Trinajstić information content (AvgIpc) is 1.89. The standard InChI is InChI=1S/C7H12N2/c1-4-5-6-9-7(2)8-3/h5-6H,3-4H2,1-2H3/b6-5-,9-7?. The highest BCUT2D eigenvalue weighted by molar-refractivity contribution is 5.84. The number of hydrogen-bond donors (Lipinski definition) is 0. The molecule has 0 aromatic heterocycles. The first kappa shape index (κ1) is 8.08. The van der Waals surface area contributed by atoms with Crippen molar-refractivity contribution >= 4 is 12.6 Å². The van der Waals surface area contributed by atoms with Crippen molar-refractivity contribution in [2.24, 2.45) is 9.98 Å². The van der Waals surface area contributed by atoms with E-state index in [1.165, 1.54) is 0 Å². The Morgan fingerprint density at radius 3 is 2.78 bits per heavy atom. The van der Waals surface area contributed by atoms with E-state index in [1.807, 2.05) is 13.0 Å². The molecule has 0 radical (unpaired) electrons. The smallest absolute Gasteiger partial charge is 0.124 e. The summed E-state index contributed by atoms with van der Waals surface area (Å²) in [5.74, 6) is 0.708. The largest absolute Gasteiger partial charge is 0.250 e. The van der Waals surface area contributed by atoms with Gasteiger partial charge in [0.25, 0.3) is 0 Å². The van der Waals surface area contributed by atoms with Gasteiger partial charge in [0.05, 0.1) is 0 Å². The lowest BCUT2D eigenvalue weighted by Gasteiger charge is -1.82. The molecule has 0 heterocycles. The number of allylic oxidation sites excluding steroid dienone is 1. The molecule has 0 atom stereocenters. The van der Waals surface area contributed by atoms with E-state index in [2.05, 4.69) is 23.6 Å². The van der Waals surface area contributed by atoms with Crippen molar-refractivity contribution in [3.63, 3.8) is 0 Å². The topological polar surface area (TPSA) is 24.7 Å². The van der Waals surface area contributed by atoms with Gasteiger partial charge in [-0.05, 0) is 20.1 Å². The zero-order valence-corrected chi connectivity index (χ0v) is 5.96. The first-order valence-corrected chi connectivity index (χ1v) is 2.97. The highest BCUT2D eigenvalue weighted by Crippen LogP contribution is 1.83. The van der Waals surface area contributed by atoms with Crippen LogP contribution in [0.15, 0.2) is 22.3 Å². The van der Waals surface area contributed by atoms with Crippen molar-refractivity contribution in [3.05, 3.63) is 12.3 Å². The summed E-state index contributed by atoms with van der Waals surface area (Å²) >= 11 is 0. The Morgan fingerprint density at radius 1 is 1.67 bits per heavy atom. The Labute approximate surface area is 56.0 Å². The molecule has 0 rings (SSSR count). The van der Waals surface area contributed by atoms with Gasteiger partial charge in [-0.3, -0.25) is 0 Å². The molecule has 2 heteroatoms. The van der Waals surface area contributed by atoms with Gasteiger partial charge in [0.1, 0.15) is 5.84 Å². The van der Waals surface area contributed by atoms with Gasteiger partial charge in [0, 0.05) is 6.20 Å². The minimum absolute atomic E-state index is 0.708. The fourth-order valence-electron chi connectivity index (χ4n) is 0.307.